The predicted molar refractivity (Wildman–Crippen MR) is 47.2 cm³/mol. The monoisotopic (exact) mass is 169 g/mol. The molecule has 0 saturated heterocycles. The van der Waals surface area contributed by atoms with E-state index in [9.17, 15) is 4.79 Å². The summed E-state index contributed by atoms with van der Waals surface area (Å²) < 4.78 is 0. The Morgan fingerprint density at radius 3 is 3.09 bits per heavy atom. The first-order valence-corrected chi connectivity index (χ1v) is 4.49. The lowest BCUT2D eigenvalue weighted by Gasteiger charge is -1.95. The van der Waals surface area contributed by atoms with Crippen molar-refractivity contribution in [3.8, 4) is 0 Å². The van der Waals surface area contributed by atoms with Crippen LogP contribution in [0.2, 0.25) is 0 Å². The van der Waals surface area contributed by atoms with E-state index < -0.39 is 0 Å². The molecular formula is C8H11NOS. The number of rotatable bonds is 4. The number of hydrogen-bond donors (Lipinski definition) is 1. The van der Waals surface area contributed by atoms with Crippen LogP contribution in [0.4, 0.5) is 0 Å². The number of thiophene rings is 1. The zero-order valence-corrected chi connectivity index (χ0v) is 7.28. The molecule has 0 radical (unpaired) electrons. The lowest BCUT2D eigenvalue weighted by molar-refractivity contribution is 0.0983. The van der Waals surface area contributed by atoms with Gasteiger partial charge in [0.1, 0.15) is 0 Å². The molecule has 3 heteroatoms. The molecule has 0 saturated carbocycles. The van der Waals surface area contributed by atoms with Crippen molar-refractivity contribution in [3.05, 3.63) is 22.4 Å². The summed E-state index contributed by atoms with van der Waals surface area (Å²) in [6, 6.07) is 1.86. The highest BCUT2D eigenvalue weighted by atomic mass is 32.1. The van der Waals surface area contributed by atoms with Crippen molar-refractivity contribution in [2.45, 2.75) is 6.42 Å². The number of hydrogen-bond acceptors (Lipinski definition) is 3. The van der Waals surface area contributed by atoms with Gasteiger partial charge in [0.15, 0.2) is 5.78 Å². The van der Waals surface area contributed by atoms with Crippen LogP contribution in [0, 0.1) is 0 Å². The predicted octanol–water partition coefficient (Wildman–Crippen LogP) is 1.54. The third-order valence-electron chi connectivity index (χ3n) is 1.45. The van der Waals surface area contributed by atoms with Crippen molar-refractivity contribution >= 4 is 17.1 Å². The van der Waals surface area contributed by atoms with Crippen LogP contribution in [0.25, 0.3) is 0 Å². The molecule has 0 bridgehead atoms. The van der Waals surface area contributed by atoms with Gasteiger partial charge in [0, 0.05) is 23.9 Å². The van der Waals surface area contributed by atoms with Crippen LogP contribution < -0.4 is 5.32 Å². The first-order valence-electron chi connectivity index (χ1n) is 3.54. The number of ketones is 1. The maximum absolute atomic E-state index is 11.2. The van der Waals surface area contributed by atoms with Crippen molar-refractivity contribution in [3.63, 3.8) is 0 Å². The van der Waals surface area contributed by atoms with Crippen LogP contribution in [0.5, 0.6) is 0 Å². The summed E-state index contributed by atoms with van der Waals surface area (Å²) in [6.07, 6.45) is 0.591. The van der Waals surface area contributed by atoms with Crippen LogP contribution >= 0.6 is 11.3 Å². The van der Waals surface area contributed by atoms with Crippen LogP contribution in [-0.2, 0) is 0 Å². The minimum atomic E-state index is 0.223. The van der Waals surface area contributed by atoms with Crippen LogP contribution in [0.3, 0.4) is 0 Å². The summed E-state index contributed by atoms with van der Waals surface area (Å²) >= 11 is 1.56. The van der Waals surface area contributed by atoms with Crippen LogP contribution in [-0.4, -0.2) is 19.4 Å². The van der Waals surface area contributed by atoms with E-state index in [1.807, 2.05) is 23.9 Å². The van der Waals surface area contributed by atoms with Gasteiger partial charge in [0.05, 0.1) is 0 Å². The molecule has 1 rings (SSSR count). The molecule has 0 atom stereocenters. The van der Waals surface area contributed by atoms with Crippen molar-refractivity contribution < 1.29 is 4.79 Å². The Balaban J connectivity index is 2.43. The van der Waals surface area contributed by atoms with Gasteiger partial charge in [-0.2, -0.15) is 11.3 Å². The highest BCUT2D eigenvalue weighted by Crippen LogP contribution is 2.07. The normalized spacial score (nSPS) is 9.91. The molecule has 0 amide bonds. The minimum absolute atomic E-state index is 0.223. The van der Waals surface area contributed by atoms with E-state index in [1.54, 1.807) is 11.3 Å². The molecule has 0 unspecified atom stereocenters. The lowest BCUT2D eigenvalue weighted by Crippen LogP contribution is -2.12. The Labute approximate surface area is 70.2 Å². The molecule has 0 fully saturated rings. The maximum Gasteiger partial charge on any atom is 0.164 e. The highest BCUT2D eigenvalue weighted by molar-refractivity contribution is 7.08. The Kier molecular flexibility index (Phi) is 3.26. The standard InChI is InChI=1S/C8H11NOS/c1-9-4-2-8(10)7-3-5-11-6-7/h3,5-6,9H,2,4H2,1H3. The van der Waals surface area contributed by atoms with Crippen LogP contribution in [0.15, 0.2) is 16.8 Å². The first-order chi connectivity index (χ1) is 5.34. The molecule has 1 heterocycles. The topological polar surface area (TPSA) is 29.1 Å². The third kappa shape index (κ3) is 2.44. The van der Waals surface area contributed by atoms with Crippen molar-refractivity contribution in [1.29, 1.82) is 0 Å². The second kappa shape index (κ2) is 4.26. The van der Waals surface area contributed by atoms with Gasteiger partial charge >= 0.3 is 0 Å². The van der Waals surface area contributed by atoms with Crippen molar-refractivity contribution in [2.24, 2.45) is 0 Å². The third-order valence-corrected chi connectivity index (χ3v) is 2.13. The van der Waals surface area contributed by atoms with Gasteiger partial charge in [-0.05, 0) is 18.5 Å². The maximum atomic E-state index is 11.2. The molecule has 0 spiro atoms. The van der Waals surface area contributed by atoms with E-state index in [1.165, 1.54) is 0 Å². The van der Waals surface area contributed by atoms with E-state index in [0.717, 1.165) is 12.1 Å². The summed E-state index contributed by atoms with van der Waals surface area (Å²) in [5.74, 6) is 0.223. The molecule has 0 aromatic carbocycles. The molecule has 0 aliphatic carbocycles. The molecule has 60 valence electrons. The zero-order valence-electron chi connectivity index (χ0n) is 6.46. The average molecular weight is 169 g/mol. The fraction of sp³-hybridized carbons (Fsp3) is 0.375. The Morgan fingerprint density at radius 1 is 1.73 bits per heavy atom. The fourth-order valence-corrected chi connectivity index (χ4v) is 1.47. The van der Waals surface area contributed by atoms with Gasteiger partial charge in [-0.25, -0.2) is 0 Å². The quantitative estimate of drug-likeness (QED) is 0.693. The number of carbonyl (C=O) groups excluding carboxylic acids is 1. The molecule has 0 aliphatic heterocycles. The van der Waals surface area contributed by atoms with E-state index in [0.29, 0.717) is 6.42 Å². The molecule has 2 nitrogen and oxygen atoms in total. The van der Waals surface area contributed by atoms with Gasteiger partial charge in [-0.3, -0.25) is 4.79 Å². The molecular weight excluding hydrogens is 158 g/mol. The molecule has 1 aromatic heterocycles. The summed E-state index contributed by atoms with van der Waals surface area (Å²) in [5, 5.41) is 6.75. The minimum Gasteiger partial charge on any atom is -0.319 e. The van der Waals surface area contributed by atoms with Crippen LogP contribution in [0.1, 0.15) is 16.8 Å². The smallest absolute Gasteiger partial charge is 0.164 e. The zero-order chi connectivity index (χ0) is 8.10. The summed E-state index contributed by atoms with van der Waals surface area (Å²) in [6.45, 7) is 0.759. The molecule has 1 aromatic rings. The van der Waals surface area contributed by atoms with Crippen molar-refractivity contribution in [2.75, 3.05) is 13.6 Å². The molecule has 0 aliphatic rings. The van der Waals surface area contributed by atoms with E-state index in [4.69, 9.17) is 0 Å². The largest absolute Gasteiger partial charge is 0.319 e. The molecule has 11 heavy (non-hydrogen) atoms. The molecule has 1 N–H and O–H groups in total. The Bertz CT molecular complexity index is 218. The van der Waals surface area contributed by atoms with E-state index in [-0.39, 0.29) is 5.78 Å². The SMILES string of the molecule is CNCCC(=O)c1ccsc1. The number of carbonyl (C=O) groups is 1. The van der Waals surface area contributed by atoms with Crippen molar-refractivity contribution in [1.82, 2.24) is 5.32 Å². The highest BCUT2D eigenvalue weighted by Gasteiger charge is 2.03. The van der Waals surface area contributed by atoms with Gasteiger partial charge in [-0.1, -0.05) is 0 Å². The summed E-state index contributed by atoms with van der Waals surface area (Å²) in [7, 11) is 1.85. The first kappa shape index (κ1) is 8.43. The van der Waals surface area contributed by atoms with Gasteiger partial charge < -0.3 is 5.32 Å². The summed E-state index contributed by atoms with van der Waals surface area (Å²) in [4.78, 5) is 11.2. The number of nitrogens with one attached hydrogen (secondary N) is 1. The van der Waals surface area contributed by atoms with Gasteiger partial charge in [0.25, 0.3) is 0 Å². The average Bonchev–Trinajstić information content (AvgIpc) is 2.52. The number of Topliss-reactive ketones (excluding diaryl/α,β-unsaturated/α-hetero) is 1. The second-order valence-electron chi connectivity index (χ2n) is 2.29. The summed E-state index contributed by atoms with van der Waals surface area (Å²) in [5.41, 5.74) is 0.838. The Morgan fingerprint density at radius 2 is 2.55 bits per heavy atom. The lowest BCUT2D eigenvalue weighted by atomic mass is 10.2. The van der Waals surface area contributed by atoms with Gasteiger partial charge in [0.2, 0.25) is 0 Å². The van der Waals surface area contributed by atoms with E-state index in [2.05, 4.69) is 5.32 Å². The Hall–Kier alpha value is -0.670. The second-order valence-corrected chi connectivity index (χ2v) is 3.07. The fourth-order valence-electron chi connectivity index (χ4n) is 0.806. The van der Waals surface area contributed by atoms with Gasteiger partial charge in [-0.15, -0.1) is 0 Å². The van der Waals surface area contributed by atoms with E-state index >= 15 is 0 Å².